The second-order valence-electron chi connectivity index (χ2n) is 8.18. The Morgan fingerprint density at radius 3 is 2.54 bits per heavy atom. The van der Waals surface area contributed by atoms with Gasteiger partial charge in [-0.15, -0.1) is 0 Å². The lowest BCUT2D eigenvalue weighted by molar-refractivity contribution is -0.122. The van der Waals surface area contributed by atoms with Gasteiger partial charge in [0.1, 0.15) is 17.9 Å². The Bertz CT molecular complexity index is 1440. The van der Waals surface area contributed by atoms with E-state index in [-0.39, 0.29) is 17.9 Å². The van der Waals surface area contributed by atoms with E-state index in [9.17, 15) is 19.2 Å². The van der Waals surface area contributed by atoms with E-state index in [2.05, 4.69) is 5.32 Å². The molecule has 1 aromatic heterocycles. The van der Waals surface area contributed by atoms with E-state index in [4.69, 9.17) is 19.0 Å². The Kier molecular flexibility index (Phi) is 7.10. The predicted molar refractivity (Wildman–Crippen MR) is 133 cm³/mol. The van der Waals surface area contributed by atoms with E-state index >= 15 is 0 Å². The first-order chi connectivity index (χ1) is 17.7. The van der Waals surface area contributed by atoms with Crippen molar-refractivity contribution in [1.82, 2.24) is 5.32 Å². The molecule has 0 bridgehead atoms. The molecule has 2 aromatic carbocycles. The van der Waals surface area contributed by atoms with Crippen molar-refractivity contribution in [2.75, 3.05) is 11.5 Å². The molecule has 3 aromatic rings. The molecule has 0 unspecified atom stereocenters. The van der Waals surface area contributed by atoms with Gasteiger partial charge in [0, 0.05) is 0 Å². The molecule has 0 saturated carbocycles. The van der Waals surface area contributed by atoms with Gasteiger partial charge in [-0.1, -0.05) is 18.2 Å². The number of aryl methyl sites for hydroxylation is 1. The molecule has 1 aliphatic heterocycles. The van der Waals surface area contributed by atoms with Gasteiger partial charge < -0.3 is 19.0 Å². The van der Waals surface area contributed by atoms with Gasteiger partial charge in [0.15, 0.2) is 11.5 Å². The highest BCUT2D eigenvalue weighted by Gasteiger charge is 2.37. The quantitative estimate of drug-likeness (QED) is 0.344. The molecule has 1 aliphatic rings. The fourth-order valence-electron chi connectivity index (χ4n) is 3.74. The number of rotatable bonds is 8. The lowest BCUT2D eigenvalue weighted by atomic mass is 10.0. The molecule has 0 atom stereocenters. The number of amides is 4. The Hall–Kier alpha value is -4.86. The van der Waals surface area contributed by atoms with Crippen LogP contribution in [0.1, 0.15) is 39.9 Å². The summed E-state index contributed by atoms with van der Waals surface area (Å²) in [6.07, 6.45) is 1.38. The molecule has 0 spiro atoms. The summed E-state index contributed by atoms with van der Waals surface area (Å²) < 4.78 is 16.6. The van der Waals surface area contributed by atoms with Gasteiger partial charge in [-0.25, -0.2) is 14.5 Å². The van der Waals surface area contributed by atoms with Gasteiger partial charge >= 0.3 is 12.0 Å². The number of imide groups is 2. The molecular weight excluding hydrogens is 480 g/mol. The minimum Gasteiger partial charge on any atom is -0.490 e. The molecule has 4 rings (SSSR count). The summed E-state index contributed by atoms with van der Waals surface area (Å²) in [6.45, 7) is 5.72. The number of benzene rings is 2. The zero-order chi connectivity index (χ0) is 26.7. The van der Waals surface area contributed by atoms with E-state index in [1.54, 1.807) is 44.2 Å². The molecule has 2 N–H and O–H groups in total. The van der Waals surface area contributed by atoms with Gasteiger partial charge in [-0.3, -0.25) is 14.9 Å². The first-order valence-corrected chi connectivity index (χ1v) is 11.4. The van der Waals surface area contributed by atoms with Crippen LogP contribution in [0.15, 0.2) is 58.5 Å². The maximum absolute atomic E-state index is 13.3. The number of carbonyl (C=O) groups is 4. The molecule has 1 saturated heterocycles. The van der Waals surface area contributed by atoms with Crippen molar-refractivity contribution in [3.8, 4) is 11.5 Å². The average Bonchev–Trinajstić information content (AvgIpc) is 3.33. The maximum Gasteiger partial charge on any atom is 0.371 e. The van der Waals surface area contributed by atoms with Crippen molar-refractivity contribution < 1.29 is 38.2 Å². The fourth-order valence-corrected chi connectivity index (χ4v) is 3.74. The Balaban J connectivity index is 1.61. The molecule has 0 radical (unpaired) electrons. The third-order valence-corrected chi connectivity index (χ3v) is 5.74. The number of nitrogens with zero attached hydrogens (tertiary/aromatic N) is 1. The van der Waals surface area contributed by atoms with Crippen molar-refractivity contribution in [1.29, 1.82) is 0 Å². The fraction of sp³-hybridized carbons (Fsp3) is 0.185. The van der Waals surface area contributed by atoms with Crippen LogP contribution in [0.2, 0.25) is 0 Å². The standard InChI is InChI=1S/C27H24N2O8/c1-4-35-23-13-17(8-10-21(23)36-14-18-9-11-22(37-18)26(32)33)12-19-24(30)28-27(34)29(25(19)31)20-7-5-6-15(2)16(20)3/h5-13H,4,14H2,1-3H3,(H,32,33)(H,28,30,34). The lowest BCUT2D eigenvalue weighted by Gasteiger charge is -2.28. The molecule has 2 heterocycles. The third-order valence-electron chi connectivity index (χ3n) is 5.74. The van der Waals surface area contributed by atoms with E-state index in [0.29, 0.717) is 35.1 Å². The maximum atomic E-state index is 13.3. The first kappa shape index (κ1) is 25.2. The molecule has 37 heavy (non-hydrogen) atoms. The van der Waals surface area contributed by atoms with Gasteiger partial charge in [0.05, 0.1) is 12.3 Å². The normalized spacial score (nSPS) is 14.6. The van der Waals surface area contributed by atoms with Crippen LogP contribution in [-0.2, 0) is 16.2 Å². The third kappa shape index (κ3) is 5.22. The zero-order valence-electron chi connectivity index (χ0n) is 20.4. The molecule has 4 amide bonds. The number of barbiturate groups is 1. The molecule has 0 aliphatic carbocycles. The highest BCUT2D eigenvalue weighted by molar-refractivity contribution is 6.39. The molecule has 190 valence electrons. The first-order valence-electron chi connectivity index (χ1n) is 11.4. The summed E-state index contributed by atoms with van der Waals surface area (Å²) in [5, 5.41) is 11.2. The largest absolute Gasteiger partial charge is 0.490 e. The SMILES string of the molecule is CCOc1cc(C=C2C(=O)NC(=O)N(c3cccc(C)c3C)C2=O)ccc1OCc1ccc(C(=O)O)o1. The number of hydrogen-bond donors (Lipinski definition) is 2. The number of carbonyl (C=O) groups excluding carboxylic acids is 3. The molecule has 1 fully saturated rings. The summed E-state index contributed by atoms with van der Waals surface area (Å²) in [5.74, 6) is -1.93. The number of hydrogen-bond acceptors (Lipinski definition) is 7. The number of nitrogens with one attached hydrogen (secondary N) is 1. The number of ether oxygens (including phenoxy) is 2. The highest BCUT2D eigenvalue weighted by atomic mass is 16.5. The van der Waals surface area contributed by atoms with Crippen LogP contribution in [0.4, 0.5) is 10.5 Å². The van der Waals surface area contributed by atoms with Crippen LogP contribution < -0.4 is 19.7 Å². The smallest absolute Gasteiger partial charge is 0.371 e. The van der Waals surface area contributed by atoms with Crippen LogP contribution in [0.25, 0.3) is 6.08 Å². The Morgan fingerprint density at radius 1 is 1.05 bits per heavy atom. The molecule has 10 nitrogen and oxygen atoms in total. The minimum atomic E-state index is -1.18. The van der Waals surface area contributed by atoms with Crippen LogP contribution in [0.5, 0.6) is 11.5 Å². The van der Waals surface area contributed by atoms with Crippen molar-refractivity contribution in [3.63, 3.8) is 0 Å². The summed E-state index contributed by atoms with van der Waals surface area (Å²) in [5.41, 5.74) is 2.28. The van der Waals surface area contributed by atoms with Gasteiger partial charge in [-0.2, -0.15) is 0 Å². The highest BCUT2D eigenvalue weighted by Crippen LogP contribution is 2.32. The average molecular weight is 504 g/mol. The van der Waals surface area contributed by atoms with E-state index in [1.807, 2.05) is 13.0 Å². The number of carboxylic acid groups (broad SMARTS) is 1. The zero-order valence-corrected chi connectivity index (χ0v) is 20.4. The van der Waals surface area contributed by atoms with Crippen molar-refractivity contribution in [2.24, 2.45) is 0 Å². The second-order valence-corrected chi connectivity index (χ2v) is 8.18. The van der Waals surface area contributed by atoms with Crippen LogP contribution in [-0.4, -0.2) is 35.5 Å². The number of anilines is 1. The summed E-state index contributed by atoms with van der Waals surface area (Å²) in [7, 11) is 0. The Labute approximate surface area is 212 Å². The number of urea groups is 1. The lowest BCUT2D eigenvalue weighted by Crippen LogP contribution is -2.54. The number of aromatic carboxylic acids is 1. The summed E-state index contributed by atoms with van der Waals surface area (Å²) in [6, 6.07) is 12.1. The van der Waals surface area contributed by atoms with E-state index in [1.165, 1.54) is 18.2 Å². The van der Waals surface area contributed by atoms with Crippen molar-refractivity contribution in [3.05, 3.63) is 82.3 Å². The summed E-state index contributed by atoms with van der Waals surface area (Å²) in [4.78, 5) is 50.3. The van der Waals surface area contributed by atoms with Crippen LogP contribution >= 0.6 is 0 Å². The van der Waals surface area contributed by atoms with E-state index in [0.717, 1.165) is 16.0 Å². The Morgan fingerprint density at radius 2 is 1.84 bits per heavy atom. The predicted octanol–water partition coefficient (Wildman–Crippen LogP) is 4.24. The monoisotopic (exact) mass is 504 g/mol. The van der Waals surface area contributed by atoms with Crippen molar-refractivity contribution >= 4 is 35.6 Å². The number of carboxylic acids is 1. The summed E-state index contributed by atoms with van der Waals surface area (Å²) >= 11 is 0. The van der Waals surface area contributed by atoms with Crippen LogP contribution in [0.3, 0.4) is 0 Å². The molecular formula is C27H24N2O8. The van der Waals surface area contributed by atoms with Crippen molar-refractivity contribution in [2.45, 2.75) is 27.4 Å². The minimum absolute atomic E-state index is 0.0401. The van der Waals surface area contributed by atoms with Gasteiger partial charge in [0.2, 0.25) is 5.76 Å². The topological polar surface area (TPSA) is 135 Å². The van der Waals surface area contributed by atoms with E-state index < -0.39 is 23.8 Å². The number of furan rings is 1. The molecule has 10 heteroatoms. The second kappa shape index (κ2) is 10.4. The van der Waals surface area contributed by atoms with Gasteiger partial charge in [-0.05, 0) is 73.9 Å². The van der Waals surface area contributed by atoms with Crippen LogP contribution in [0, 0.1) is 13.8 Å². The van der Waals surface area contributed by atoms with Gasteiger partial charge in [0.25, 0.3) is 11.8 Å².